The normalized spacial score (nSPS) is 22.7. The van der Waals surface area contributed by atoms with Crippen molar-refractivity contribution in [3.8, 4) is 0 Å². The Morgan fingerprint density at radius 1 is 1.31 bits per heavy atom. The van der Waals surface area contributed by atoms with Gasteiger partial charge in [0.2, 0.25) is 0 Å². The number of ether oxygens (including phenoxy) is 2. The van der Waals surface area contributed by atoms with Crippen LogP contribution in [0.15, 0.2) is 40.5 Å². The number of carbonyl (C=O) groups is 2. The smallest absolute Gasteiger partial charge is 0.315 e. The number of esters is 1. The molecule has 26 heavy (non-hydrogen) atoms. The van der Waals surface area contributed by atoms with E-state index in [0.717, 1.165) is 24.1 Å². The van der Waals surface area contributed by atoms with Crippen LogP contribution in [0.4, 0.5) is 0 Å². The van der Waals surface area contributed by atoms with Gasteiger partial charge in [-0.25, -0.2) is 0 Å². The lowest BCUT2D eigenvalue weighted by molar-refractivity contribution is -0.147. The molecule has 0 saturated heterocycles. The van der Waals surface area contributed by atoms with Crippen molar-refractivity contribution in [2.75, 3.05) is 20.3 Å². The molecule has 1 heterocycles. The highest BCUT2D eigenvalue weighted by Crippen LogP contribution is 2.43. The fourth-order valence-electron chi connectivity index (χ4n) is 3.69. The van der Waals surface area contributed by atoms with Crippen LogP contribution >= 0.6 is 11.6 Å². The average molecular weight is 376 g/mol. The van der Waals surface area contributed by atoms with Gasteiger partial charge < -0.3 is 9.47 Å². The van der Waals surface area contributed by atoms with Crippen LogP contribution < -0.4 is 0 Å². The number of allylic oxidation sites excluding steroid dienone is 2. The molecule has 0 radical (unpaired) electrons. The second kappa shape index (κ2) is 8.14. The number of Topliss-reactive ketones (excluding diaryl/α,β-unsaturated/α-hetero) is 1. The van der Waals surface area contributed by atoms with Gasteiger partial charge in [0.15, 0.2) is 5.78 Å². The summed E-state index contributed by atoms with van der Waals surface area (Å²) in [5, 5.41) is 0.569. The predicted octanol–water partition coefficient (Wildman–Crippen LogP) is 3.71. The van der Waals surface area contributed by atoms with E-state index < -0.39 is 17.8 Å². The number of nitrogens with zero attached hydrogens (tertiary/aromatic N) is 1. The van der Waals surface area contributed by atoms with Crippen LogP contribution in [0.2, 0.25) is 5.02 Å². The van der Waals surface area contributed by atoms with Crippen LogP contribution in [0.3, 0.4) is 0 Å². The minimum Gasteiger partial charge on any atom is -0.463 e. The Morgan fingerprint density at radius 2 is 2.12 bits per heavy atom. The molecular formula is C20H22ClNO4. The lowest BCUT2D eigenvalue weighted by Gasteiger charge is -2.34. The van der Waals surface area contributed by atoms with E-state index >= 15 is 0 Å². The third-order valence-corrected chi connectivity index (χ3v) is 5.06. The summed E-state index contributed by atoms with van der Waals surface area (Å²) in [5.41, 5.74) is 2.94. The minimum absolute atomic E-state index is 0.0576. The highest BCUT2D eigenvalue weighted by molar-refractivity contribution is 6.30. The van der Waals surface area contributed by atoms with Crippen LogP contribution in [0, 0.1) is 5.92 Å². The van der Waals surface area contributed by atoms with E-state index in [-0.39, 0.29) is 12.4 Å². The first kappa shape index (κ1) is 18.8. The van der Waals surface area contributed by atoms with Crippen LogP contribution in [0.25, 0.3) is 0 Å². The molecule has 0 N–H and O–H groups in total. The van der Waals surface area contributed by atoms with Crippen LogP contribution in [0.5, 0.6) is 0 Å². The van der Waals surface area contributed by atoms with Gasteiger partial charge in [-0.3, -0.25) is 14.6 Å². The lowest BCUT2D eigenvalue weighted by atomic mass is 9.72. The van der Waals surface area contributed by atoms with Crippen molar-refractivity contribution in [2.45, 2.75) is 32.1 Å². The molecule has 2 aliphatic rings. The third kappa shape index (κ3) is 3.74. The van der Waals surface area contributed by atoms with E-state index in [1.54, 1.807) is 13.2 Å². The van der Waals surface area contributed by atoms with E-state index in [2.05, 4.69) is 4.99 Å². The monoisotopic (exact) mass is 375 g/mol. The van der Waals surface area contributed by atoms with Crippen LogP contribution in [-0.4, -0.2) is 37.8 Å². The maximum atomic E-state index is 12.8. The van der Waals surface area contributed by atoms with Gasteiger partial charge in [-0.2, -0.15) is 0 Å². The summed E-state index contributed by atoms with van der Waals surface area (Å²) in [6, 6.07) is 7.32. The summed E-state index contributed by atoms with van der Waals surface area (Å²) in [4.78, 5) is 30.1. The number of hydrogen-bond donors (Lipinski definition) is 0. The number of hydrogen-bond acceptors (Lipinski definition) is 5. The Labute approximate surface area is 158 Å². The highest BCUT2D eigenvalue weighted by atomic mass is 35.5. The molecule has 0 spiro atoms. The molecule has 1 aliphatic heterocycles. The molecule has 5 nitrogen and oxygen atoms in total. The van der Waals surface area contributed by atoms with Crippen LogP contribution in [0.1, 0.15) is 37.7 Å². The van der Waals surface area contributed by atoms with Gasteiger partial charge in [0.05, 0.1) is 6.61 Å². The van der Waals surface area contributed by atoms with Crippen LogP contribution in [-0.2, 0) is 19.1 Å². The third-order valence-electron chi connectivity index (χ3n) is 4.83. The Bertz CT molecular complexity index is 784. The summed E-state index contributed by atoms with van der Waals surface area (Å²) >= 11 is 6.18. The molecule has 1 aromatic rings. The number of carbonyl (C=O) groups excluding carboxylic acids is 2. The zero-order chi connectivity index (χ0) is 18.7. The van der Waals surface area contributed by atoms with Gasteiger partial charge in [0, 0.05) is 41.5 Å². The number of aliphatic imine (C=N–C) groups is 1. The first-order valence-corrected chi connectivity index (χ1v) is 9.13. The van der Waals surface area contributed by atoms with Crippen molar-refractivity contribution >= 4 is 29.1 Å². The van der Waals surface area contributed by atoms with Gasteiger partial charge in [0.1, 0.15) is 12.5 Å². The van der Waals surface area contributed by atoms with Gasteiger partial charge >= 0.3 is 5.97 Å². The van der Waals surface area contributed by atoms with E-state index in [0.29, 0.717) is 29.3 Å². The van der Waals surface area contributed by atoms with Crippen molar-refractivity contribution < 1.29 is 19.1 Å². The molecule has 138 valence electrons. The van der Waals surface area contributed by atoms with Crippen molar-refractivity contribution in [2.24, 2.45) is 10.9 Å². The topological polar surface area (TPSA) is 65.0 Å². The summed E-state index contributed by atoms with van der Waals surface area (Å²) < 4.78 is 10.3. The molecular weight excluding hydrogens is 354 g/mol. The maximum Gasteiger partial charge on any atom is 0.315 e. The van der Waals surface area contributed by atoms with Gasteiger partial charge in [-0.1, -0.05) is 23.7 Å². The minimum atomic E-state index is -0.633. The second-order valence-electron chi connectivity index (χ2n) is 6.56. The van der Waals surface area contributed by atoms with Crippen molar-refractivity contribution in [1.82, 2.24) is 0 Å². The first-order valence-electron chi connectivity index (χ1n) is 8.75. The quantitative estimate of drug-likeness (QED) is 0.581. The highest BCUT2D eigenvalue weighted by Gasteiger charge is 2.43. The Hall–Kier alpha value is -1.98. The molecule has 0 amide bonds. The molecule has 0 fully saturated rings. The predicted molar refractivity (Wildman–Crippen MR) is 99.5 cm³/mol. The average Bonchev–Trinajstić information content (AvgIpc) is 2.61. The zero-order valence-corrected chi connectivity index (χ0v) is 15.7. The number of benzene rings is 1. The Balaban J connectivity index is 2.04. The molecule has 0 bridgehead atoms. The van der Waals surface area contributed by atoms with Gasteiger partial charge in [-0.15, -0.1) is 0 Å². The molecule has 1 unspecified atom stereocenters. The number of halogens is 1. The molecule has 1 aromatic carbocycles. The Kier molecular flexibility index (Phi) is 5.89. The molecule has 0 saturated carbocycles. The second-order valence-corrected chi connectivity index (χ2v) is 7.00. The fourth-order valence-corrected chi connectivity index (χ4v) is 3.89. The molecule has 2 atom stereocenters. The molecule has 6 heteroatoms. The molecule has 1 aliphatic carbocycles. The Morgan fingerprint density at radius 3 is 2.85 bits per heavy atom. The van der Waals surface area contributed by atoms with E-state index in [1.807, 2.05) is 25.1 Å². The first-order chi connectivity index (χ1) is 12.5. The fraction of sp³-hybridized carbons (Fsp3) is 0.450. The number of ketones is 1. The van der Waals surface area contributed by atoms with Crippen molar-refractivity contribution in [3.05, 3.63) is 46.1 Å². The van der Waals surface area contributed by atoms with E-state index in [1.165, 1.54) is 0 Å². The lowest BCUT2D eigenvalue weighted by Crippen LogP contribution is -2.37. The van der Waals surface area contributed by atoms with Crippen molar-refractivity contribution in [3.63, 3.8) is 0 Å². The summed E-state index contributed by atoms with van der Waals surface area (Å²) in [7, 11) is 1.55. The van der Waals surface area contributed by atoms with Gasteiger partial charge in [-0.05, 0) is 37.5 Å². The summed E-state index contributed by atoms with van der Waals surface area (Å²) in [6.45, 7) is 2.31. The number of methoxy groups -OCH3 is 1. The largest absolute Gasteiger partial charge is 0.463 e. The SMILES string of the molecule is COCCOC(=O)C1C(C)=NC2=C(C(=O)CCC2)[C@@H]1c1cccc(Cl)c1. The molecule has 3 rings (SSSR count). The van der Waals surface area contributed by atoms with Gasteiger partial charge in [0.25, 0.3) is 0 Å². The van der Waals surface area contributed by atoms with E-state index in [4.69, 9.17) is 21.1 Å². The molecule has 0 aromatic heterocycles. The zero-order valence-electron chi connectivity index (χ0n) is 15.0. The number of rotatable bonds is 5. The van der Waals surface area contributed by atoms with Crippen molar-refractivity contribution in [1.29, 1.82) is 0 Å². The summed E-state index contributed by atoms with van der Waals surface area (Å²) in [5.74, 6) is -1.38. The summed E-state index contributed by atoms with van der Waals surface area (Å²) in [6.07, 6.45) is 2.02. The maximum absolute atomic E-state index is 12.8. The van der Waals surface area contributed by atoms with E-state index in [9.17, 15) is 9.59 Å². The standard InChI is InChI=1S/C20H22ClNO4/c1-12-17(20(24)26-10-9-25-2)18(13-5-3-6-14(21)11-13)19-15(22-12)7-4-8-16(19)23/h3,5-6,11,17-18H,4,7-10H2,1-2H3/t17?,18-/m1/s1.